The van der Waals surface area contributed by atoms with Crippen LogP contribution in [0.5, 0.6) is 0 Å². The number of hydrogen-bond donors (Lipinski definition) is 2. The lowest BCUT2D eigenvalue weighted by atomic mass is 9.84. The fourth-order valence-corrected chi connectivity index (χ4v) is 6.13. The van der Waals surface area contributed by atoms with Gasteiger partial charge in [0, 0.05) is 31.9 Å². The molecule has 3 aliphatic rings. The second-order valence-electron chi connectivity index (χ2n) is 10.7. The van der Waals surface area contributed by atoms with Crippen LogP contribution in [0.2, 0.25) is 0 Å². The van der Waals surface area contributed by atoms with Crippen LogP contribution in [0.4, 0.5) is 0 Å². The van der Waals surface area contributed by atoms with E-state index in [2.05, 4.69) is 66.7 Å². The molecule has 3 aliphatic heterocycles. The fourth-order valence-electron chi connectivity index (χ4n) is 6.13. The quantitative estimate of drug-likeness (QED) is 0.502. The van der Waals surface area contributed by atoms with Crippen molar-refractivity contribution in [2.45, 2.75) is 96.5 Å². The molecule has 4 heterocycles. The van der Waals surface area contributed by atoms with Gasteiger partial charge in [-0.3, -0.25) is 9.88 Å². The summed E-state index contributed by atoms with van der Waals surface area (Å²) in [5.74, 6) is 0. The van der Waals surface area contributed by atoms with Crippen molar-refractivity contribution in [3.05, 3.63) is 88.4 Å². The van der Waals surface area contributed by atoms with Crippen LogP contribution in [0.15, 0.2) is 60.5 Å². The van der Waals surface area contributed by atoms with Crippen LogP contribution in [0, 0.1) is 6.92 Å². The van der Waals surface area contributed by atoms with Gasteiger partial charge in [-0.15, -0.1) is 0 Å². The monoisotopic (exact) mass is 502 g/mol. The molecule has 1 aromatic heterocycles. The Morgan fingerprint density at radius 1 is 1.11 bits per heavy atom. The van der Waals surface area contributed by atoms with E-state index in [0.29, 0.717) is 19.2 Å². The number of nitrogens with two attached hydrogens (primary N) is 1. The molecule has 0 spiro atoms. The molecule has 2 aromatic rings. The summed E-state index contributed by atoms with van der Waals surface area (Å²) in [5, 5.41) is 3.67. The van der Waals surface area contributed by atoms with E-state index in [-0.39, 0.29) is 18.4 Å². The van der Waals surface area contributed by atoms with Crippen molar-refractivity contribution in [1.82, 2.24) is 15.2 Å². The van der Waals surface area contributed by atoms with E-state index in [1.165, 1.54) is 34.4 Å². The predicted molar refractivity (Wildman–Crippen MR) is 147 cm³/mol. The van der Waals surface area contributed by atoms with E-state index in [1.807, 2.05) is 12.3 Å². The summed E-state index contributed by atoms with van der Waals surface area (Å²) in [4.78, 5) is 7.59. The number of nitrogens with one attached hydrogen (secondary N) is 1. The molecule has 37 heavy (non-hydrogen) atoms. The number of pyridine rings is 1. The molecule has 0 aliphatic carbocycles. The molecule has 198 valence electrons. The first-order valence-corrected chi connectivity index (χ1v) is 13.9. The van der Waals surface area contributed by atoms with Gasteiger partial charge in [0.15, 0.2) is 6.29 Å². The summed E-state index contributed by atoms with van der Waals surface area (Å²) in [5.41, 5.74) is 13.5. The number of aryl methyl sites for hydroxylation is 1. The minimum absolute atomic E-state index is 0.110. The molecular weight excluding hydrogens is 460 g/mol. The molecule has 5 rings (SSSR count). The largest absolute Gasteiger partial charge is 0.383 e. The molecular formula is C31H42N4O2. The Morgan fingerprint density at radius 3 is 2.81 bits per heavy atom. The van der Waals surface area contributed by atoms with Crippen LogP contribution >= 0.6 is 0 Å². The van der Waals surface area contributed by atoms with Gasteiger partial charge in [0.05, 0.1) is 24.4 Å². The Labute approximate surface area is 221 Å². The zero-order valence-electron chi connectivity index (χ0n) is 22.4. The predicted octanol–water partition coefficient (Wildman–Crippen LogP) is 5.42. The molecule has 2 fully saturated rings. The Kier molecular flexibility index (Phi) is 8.72. The van der Waals surface area contributed by atoms with E-state index < -0.39 is 0 Å². The summed E-state index contributed by atoms with van der Waals surface area (Å²) in [6, 6.07) is 11.8. The van der Waals surface area contributed by atoms with Gasteiger partial charge in [-0.1, -0.05) is 30.3 Å². The molecule has 3 N–H and O–H groups in total. The number of benzene rings is 1. The minimum atomic E-state index is -0.110. The van der Waals surface area contributed by atoms with Crippen molar-refractivity contribution in [3.8, 4) is 0 Å². The van der Waals surface area contributed by atoms with Gasteiger partial charge in [-0.05, 0) is 98.5 Å². The van der Waals surface area contributed by atoms with Crippen LogP contribution in [0.1, 0.15) is 79.4 Å². The number of hydrogen-bond acceptors (Lipinski definition) is 6. The maximum atomic E-state index is 6.26. The number of ether oxygens (including phenoxy) is 2. The van der Waals surface area contributed by atoms with E-state index in [1.54, 1.807) is 0 Å². The summed E-state index contributed by atoms with van der Waals surface area (Å²) in [6.45, 7) is 7.14. The maximum absolute atomic E-state index is 6.26. The molecule has 2 saturated heterocycles. The highest BCUT2D eigenvalue weighted by Crippen LogP contribution is 2.39. The first kappa shape index (κ1) is 26.1. The molecule has 0 bridgehead atoms. The van der Waals surface area contributed by atoms with E-state index >= 15 is 0 Å². The number of likely N-dealkylation sites (tertiary alicyclic amines) is 1. The second-order valence-corrected chi connectivity index (χ2v) is 10.7. The molecule has 2 unspecified atom stereocenters. The first-order chi connectivity index (χ1) is 18.1. The second kappa shape index (κ2) is 12.4. The smallest absolute Gasteiger partial charge is 0.158 e. The molecule has 0 saturated carbocycles. The molecule has 4 atom stereocenters. The molecule has 0 amide bonds. The third-order valence-electron chi connectivity index (χ3n) is 8.20. The Bertz CT molecular complexity index is 1110. The van der Waals surface area contributed by atoms with E-state index in [4.69, 9.17) is 20.2 Å². The number of rotatable bonds is 8. The van der Waals surface area contributed by atoms with Crippen molar-refractivity contribution in [1.29, 1.82) is 0 Å². The summed E-state index contributed by atoms with van der Waals surface area (Å²) in [6.07, 6.45) is 15.0. The van der Waals surface area contributed by atoms with Gasteiger partial charge in [0.25, 0.3) is 0 Å². The van der Waals surface area contributed by atoms with Crippen molar-refractivity contribution in [2.75, 3.05) is 6.61 Å². The Morgan fingerprint density at radius 2 is 2.03 bits per heavy atom. The average Bonchev–Trinajstić information content (AvgIpc) is 2.94. The van der Waals surface area contributed by atoms with Crippen molar-refractivity contribution >= 4 is 0 Å². The normalized spacial score (nSPS) is 26.5. The lowest BCUT2D eigenvalue weighted by molar-refractivity contribution is -0.169. The SMILES string of the molecule is CC1=CC=CNC1[C@H]1CCC[C@@H](c2ncccc2C)N1Cc1ccc(CN)cc1COC1CCCCO1. The third-order valence-corrected chi connectivity index (χ3v) is 8.20. The van der Waals surface area contributed by atoms with Crippen LogP contribution in [-0.4, -0.2) is 34.9 Å². The summed E-state index contributed by atoms with van der Waals surface area (Å²) >= 11 is 0. The van der Waals surface area contributed by atoms with Crippen molar-refractivity contribution < 1.29 is 9.47 Å². The number of dihydropyridines is 1. The maximum Gasteiger partial charge on any atom is 0.158 e. The fraction of sp³-hybridized carbons (Fsp3) is 0.516. The van der Waals surface area contributed by atoms with E-state index in [0.717, 1.165) is 50.8 Å². The minimum Gasteiger partial charge on any atom is -0.383 e. The van der Waals surface area contributed by atoms with Gasteiger partial charge < -0.3 is 20.5 Å². The van der Waals surface area contributed by atoms with Crippen LogP contribution in [0.3, 0.4) is 0 Å². The third kappa shape index (κ3) is 6.15. The van der Waals surface area contributed by atoms with Gasteiger partial charge in [0.2, 0.25) is 0 Å². The number of piperidine rings is 1. The highest BCUT2D eigenvalue weighted by molar-refractivity contribution is 5.33. The molecule has 6 heteroatoms. The molecule has 0 radical (unpaired) electrons. The summed E-state index contributed by atoms with van der Waals surface area (Å²) < 4.78 is 12.1. The Hall–Kier alpha value is -2.51. The lowest BCUT2D eigenvalue weighted by Crippen LogP contribution is -2.53. The van der Waals surface area contributed by atoms with Crippen LogP contribution < -0.4 is 11.1 Å². The van der Waals surface area contributed by atoms with Crippen LogP contribution in [-0.2, 0) is 29.2 Å². The van der Waals surface area contributed by atoms with Crippen LogP contribution in [0.25, 0.3) is 0 Å². The number of aromatic nitrogens is 1. The van der Waals surface area contributed by atoms with Gasteiger partial charge in [-0.2, -0.15) is 0 Å². The van der Waals surface area contributed by atoms with E-state index in [9.17, 15) is 0 Å². The van der Waals surface area contributed by atoms with Crippen molar-refractivity contribution in [2.24, 2.45) is 5.73 Å². The topological polar surface area (TPSA) is 72.6 Å². The molecule has 6 nitrogen and oxygen atoms in total. The van der Waals surface area contributed by atoms with Crippen molar-refractivity contribution in [3.63, 3.8) is 0 Å². The highest BCUT2D eigenvalue weighted by Gasteiger charge is 2.38. The summed E-state index contributed by atoms with van der Waals surface area (Å²) in [7, 11) is 0. The first-order valence-electron chi connectivity index (χ1n) is 13.9. The Balaban J connectivity index is 1.46. The van der Waals surface area contributed by atoms with Gasteiger partial charge in [-0.25, -0.2) is 0 Å². The zero-order valence-corrected chi connectivity index (χ0v) is 22.4. The number of nitrogens with zero attached hydrogens (tertiary/aromatic N) is 2. The average molecular weight is 503 g/mol. The zero-order chi connectivity index (χ0) is 25.6. The molecule has 1 aromatic carbocycles. The standard InChI is InChI=1S/C31H42N4O2/c1-22-8-6-15-33-30(22)27-10-5-11-28(31-23(2)9-7-16-34-31)35(27)20-25-14-13-24(19-32)18-26(25)21-37-29-12-3-4-17-36-29/h6-9,13-16,18,27-30,33H,3-5,10-12,17,19-21,32H2,1-2H3/t27-,28+,29?,30?/m1/s1. The van der Waals surface area contributed by atoms with Gasteiger partial charge >= 0.3 is 0 Å². The number of allylic oxidation sites excluding steroid dienone is 2. The lowest BCUT2D eigenvalue weighted by Gasteiger charge is -2.46. The van der Waals surface area contributed by atoms with Gasteiger partial charge in [0.1, 0.15) is 0 Å². The highest BCUT2D eigenvalue weighted by atomic mass is 16.7.